The largest absolute Gasteiger partial charge is 0.494 e. The Bertz CT molecular complexity index is 470. The predicted octanol–water partition coefficient (Wildman–Crippen LogP) is 2.56. The molecule has 0 aliphatic carbocycles. The average molecular weight is 282 g/mol. The van der Waals surface area contributed by atoms with Crippen LogP contribution in [0.1, 0.15) is 12.6 Å². The van der Waals surface area contributed by atoms with Gasteiger partial charge in [-0.2, -0.15) is 0 Å². The normalized spacial score (nSPS) is 10.4. The smallest absolute Gasteiger partial charge is 0.121 e. The Morgan fingerprint density at radius 2 is 2.31 bits per heavy atom. The lowest BCUT2D eigenvalue weighted by Gasteiger charge is -2.05. The van der Waals surface area contributed by atoms with Gasteiger partial charge >= 0.3 is 0 Å². The van der Waals surface area contributed by atoms with Crippen LogP contribution in [0, 0.1) is 0 Å². The van der Waals surface area contributed by atoms with Gasteiger partial charge < -0.3 is 4.74 Å². The van der Waals surface area contributed by atoms with Gasteiger partial charge in [0.25, 0.3) is 0 Å². The monoisotopic (exact) mass is 281 g/mol. The second kappa shape index (κ2) is 5.12. The van der Waals surface area contributed by atoms with Crippen LogP contribution in [0.25, 0.3) is 5.69 Å². The van der Waals surface area contributed by atoms with Crippen LogP contribution in [0.4, 0.5) is 0 Å². The molecule has 0 saturated heterocycles. The molecule has 16 heavy (non-hydrogen) atoms. The number of nitrogens with zero attached hydrogens (tertiary/aromatic N) is 3. The van der Waals surface area contributed by atoms with Gasteiger partial charge in [-0.15, -0.1) is 5.10 Å². The summed E-state index contributed by atoms with van der Waals surface area (Å²) in [6.07, 6.45) is 1.89. The van der Waals surface area contributed by atoms with Crippen LogP contribution in [0.2, 0.25) is 0 Å². The van der Waals surface area contributed by atoms with Gasteiger partial charge in [-0.05, 0) is 19.1 Å². The molecule has 0 N–H and O–H groups in total. The number of hydrogen-bond acceptors (Lipinski definition) is 3. The average Bonchev–Trinajstić information content (AvgIpc) is 2.78. The lowest BCUT2D eigenvalue weighted by atomic mass is 10.3. The summed E-state index contributed by atoms with van der Waals surface area (Å²) >= 11 is 3.34. The summed E-state index contributed by atoms with van der Waals surface area (Å²) in [5, 5.41) is 8.76. The van der Waals surface area contributed by atoms with E-state index in [0.717, 1.165) is 17.1 Å². The summed E-state index contributed by atoms with van der Waals surface area (Å²) in [5.74, 6) is 0.843. The molecule has 1 aromatic heterocycles. The van der Waals surface area contributed by atoms with Gasteiger partial charge in [0.1, 0.15) is 5.75 Å². The first-order valence-electron chi connectivity index (χ1n) is 5.04. The number of benzene rings is 1. The zero-order valence-electron chi connectivity index (χ0n) is 8.93. The molecule has 2 rings (SSSR count). The molecule has 84 valence electrons. The van der Waals surface area contributed by atoms with E-state index in [1.807, 2.05) is 37.4 Å². The molecule has 0 bridgehead atoms. The highest BCUT2D eigenvalue weighted by molar-refractivity contribution is 9.08. The summed E-state index contributed by atoms with van der Waals surface area (Å²) in [6, 6.07) is 7.77. The number of alkyl halides is 1. The molecule has 0 amide bonds. The van der Waals surface area contributed by atoms with Gasteiger partial charge in [0, 0.05) is 11.4 Å². The third-order valence-electron chi connectivity index (χ3n) is 2.07. The molecular formula is C11H12BrN3O. The molecule has 0 radical (unpaired) electrons. The maximum atomic E-state index is 5.43. The van der Waals surface area contributed by atoms with E-state index >= 15 is 0 Å². The van der Waals surface area contributed by atoms with Crippen molar-refractivity contribution in [2.24, 2.45) is 0 Å². The van der Waals surface area contributed by atoms with Crippen molar-refractivity contribution in [1.82, 2.24) is 15.0 Å². The highest BCUT2D eigenvalue weighted by Gasteiger charge is 2.02. The zero-order chi connectivity index (χ0) is 11.4. The highest BCUT2D eigenvalue weighted by Crippen LogP contribution is 2.16. The number of hydrogen-bond donors (Lipinski definition) is 0. The fourth-order valence-electron chi connectivity index (χ4n) is 1.37. The molecule has 0 atom stereocenters. The van der Waals surface area contributed by atoms with Crippen molar-refractivity contribution in [2.45, 2.75) is 12.3 Å². The molecule has 1 heterocycles. The van der Waals surface area contributed by atoms with Crippen LogP contribution in [0.15, 0.2) is 30.5 Å². The Morgan fingerprint density at radius 3 is 3.00 bits per heavy atom. The van der Waals surface area contributed by atoms with Crippen LogP contribution < -0.4 is 4.74 Å². The van der Waals surface area contributed by atoms with Gasteiger partial charge in [0.2, 0.25) is 0 Å². The van der Waals surface area contributed by atoms with E-state index in [-0.39, 0.29) is 0 Å². The molecular weight excluding hydrogens is 270 g/mol. The quantitative estimate of drug-likeness (QED) is 0.809. The third kappa shape index (κ3) is 2.41. The summed E-state index contributed by atoms with van der Waals surface area (Å²) in [5.41, 5.74) is 1.85. The van der Waals surface area contributed by atoms with Crippen molar-refractivity contribution >= 4 is 15.9 Å². The highest BCUT2D eigenvalue weighted by atomic mass is 79.9. The van der Waals surface area contributed by atoms with Gasteiger partial charge in [-0.3, -0.25) is 0 Å². The lowest BCUT2D eigenvalue weighted by Crippen LogP contribution is -1.97. The van der Waals surface area contributed by atoms with E-state index in [2.05, 4.69) is 26.2 Å². The van der Waals surface area contributed by atoms with E-state index in [1.165, 1.54) is 0 Å². The van der Waals surface area contributed by atoms with E-state index in [1.54, 1.807) is 4.68 Å². The minimum absolute atomic E-state index is 0.660. The first kappa shape index (κ1) is 11.1. The fraction of sp³-hybridized carbons (Fsp3) is 0.273. The van der Waals surface area contributed by atoms with E-state index < -0.39 is 0 Å². The minimum atomic E-state index is 0.660. The third-order valence-corrected chi connectivity index (χ3v) is 2.65. The number of ether oxygens (including phenoxy) is 1. The topological polar surface area (TPSA) is 39.9 Å². The molecule has 5 heteroatoms. The molecule has 2 aromatic rings. The van der Waals surface area contributed by atoms with Crippen molar-refractivity contribution in [1.29, 1.82) is 0 Å². The maximum absolute atomic E-state index is 5.43. The molecule has 0 unspecified atom stereocenters. The number of halogens is 1. The Hall–Kier alpha value is -1.36. The minimum Gasteiger partial charge on any atom is -0.494 e. The first-order valence-corrected chi connectivity index (χ1v) is 6.16. The molecule has 0 spiro atoms. The lowest BCUT2D eigenvalue weighted by molar-refractivity contribution is 0.340. The van der Waals surface area contributed by atoms with Crippen molar-refractivity contribution in [2.75, 3.05) is 6.61 Å². The van der Waals surface area contributed by atoms with Crippen LogP contribution in [-0.4, -0.2) is 21.6 Å². The van der Waals surface area contributed by atoms with Crippen LogP contribution in [0.3, 0.4) is 0 Å². The summed E-state index contributed by atoms with van der Waals surface area (Å²) < 4.78 is 7.17. The molecule has 1 aromatic carbocycles. The van der Waals surface area contributed by atoms with Gasteiger partial charge in [0.15, 0.2) is 0 Å². The zero-order valence-corrected chi connectivity index (χ0v) is 10.5. The Morgan fingerprint density at radius 1 is 1.44 bits per heavy atom. The molecule has 4 nitrogen and oxygen atoms in total. The van der Waals surface area contributed by atoms with Crippen LogP contribution in [-0.2, 0) is 5.33 Å². The second-order valence-corrected chi connectivity index (χ2v) is 3.78. The Labute approximate surface area is 102 Å². The molecule has 0 aliphatic rings. The number of rotatable bonds is 4. The Kier molecular flexibility index (Phi) is 3.56. The van der Waals surface area contributed by atoms with Crippen molar-refractivity contribution < 1.29 is 4.74 Å². The number of aromatic nitrogens is 3. The summed E-state index contributed by atoms with van der Waals surface area (Å²) in [6.45, 7) is 2.62. The van der Waals surface area contributed by atoms with Gasteiger partial charge in [-0.25, -0.2) is 4.68 Å². The summed E-state index contributed by atoms with van der Waals surface area (Å²) in [4.78, 5) is 0. The molecule has 0 aliphatic heterocycles. The predicted molar refractivity (Wildman–Crippen MR) is 65.2 cm³/mol. The molecule has 0 saturated carbocycles. The van der Waals surface area contributed by atoms with E-state index in [9.17, 15) is 0 Å². The second-order valence-electron chi connectivity index (χ2n) is 3.22. The van der Waals surface area contributed by atoms with Gasteiger partial charge in [-0.1, -0.05) is 27.2 Å². The van der Waals surface area contributed by atoms with Crippen molar-refractivity contribution in [3.05, 3.63) is 36.2 Å². The van der Waals surface area contributed by atoms with E-state index in [0.29, 0.717) is 11.9 Å². The fourth-order valence-corrected chi connectivity index (χ4v) is 1.63. The maximum Gasteiger partial charge on any atom is 0.121 e. The van der Waals surface area contributed by atoms with Gasteiger partial charge in [0.05, 0.1) is 24.2 Å². The first-order chi connectivity index (χ1) is 7.83. The van der Waals surface area contributed by atoms with Crippen molar-refractivity contribution in [3.63, 3.8) is 0 Å². The standard InChI is InChI=1S/C11H12BrN3O/c1-2-16-11-5-3-4-10(6-11)15-8-9(7-12)13-14-15/h3-6,8H,2,7H2,1H3. The van der Waals surface area contributed by atoms with E-state index in [4.69, 9.17) is 4.74 Å². The van der Waals surface area contributed by atoms with Crippen LogP contribution >= 0.6 is 15.9 Å². The Balaban J connectivity index is 2.28. The van der Waals surface area contributed by atoms with Crippen LogP contribution in [0.5, 0.6) is 5.75 Å². The SMILES string of the molecule is CCOc1cccc(-n2cc(CBr)nn2)c1. The van der Waals surface area contributed by atoms with Crippen molar-refractivity contribution in [3.8, 4) is 11.4 Å². The molecule has 0 fully saturated rings. The summed E-state index contributed by atoms with van der Waals surface area (Å²) in [7, 11) is 0.